The molecule has 0 bridgehead atoms. The summed E-state index contributed by atoms with van der Waals surface area (Å²) in [6, 6.07) is 8.68. The molecule has 1 atom stereocenters. The second kappa shape index (κ2) is 5.33. The van der Waals surface area contributed by atoms with Crippen molar-refractivity contribution in [1.29, 1.82) is 0 Å². The van der Waals surface area contributed by atoms with E-state index in [0.29, 0.717) is 0 Å². The summed E-state index contributed by atoms with van der Waals surface area (Å²) in [5.41, 5.74) is 8.70. The molecule has 0 saturated heterocycles. The lowest BCUT2D eigenvalue weighted by atomic mass is 9.79. The lowest BCUT2D eigenvalue weighted by Gasteiger charge is -2.31. The molecule has 19 heavy (non-hydrogen) atoms. The first-order valence-electron chi connectivity index (χ1n) is 7.49. The number of aryl methyl sites for hydroxylation is 1. The fourth-order valence-corrected chi connectivity index (χ4v) is 3.00. The quantitative estimate of drug-likeness (QED) is 0.894. The summed E-state index contributed by atoms with van der Waals surface area (Å²) in [7, 11) is 0. The van der Waals surface area contributed by atoms with E-state index in [-0.39, 0.29) is 6.04 Å². The van der Waals surface area contributed by atoms with Gasteiger partial charge in [0.25, 0.3) is 0 Å². The van der Waals surface area contributed by atoms with Gasteiger partial charge in [-0.1, -0.05) is 25.5 Å². The Morgan fingerprint density at radius 2 is 2.16 bits per heavy atom. The first-order chi connectivity index (χ1) is 9.29. The summed E-state index contributed by atoms with van der Waals surface area (Å²) in [4.78, 5) is 4.80. The predicted octanol–water partition coefficient (Wildman–Crippen LogP) is 3.12. The van der Waals surface area contributed by atoms with E-state index < -0.39 is 0 Å². The summed E-state index contributed by atoms with van der Waals surface area (Å²) in [5.74, 6) is 1.89. The Hall–Kier alpha value is -1.35. The highest BCUT2D eigenvalue weighted by atomic mass is 15.1. The van der Waals surface area contributed by atoms with Crippen LogP contribution in [0.5, 0.6) is 0 Å². The zero-order chi connectivity index (χ0) is 13.2. The van der Waals surface area contributed by atoms with Crippen LogP contribution in [0.3, 0.4) is 0 Å². The number of hydrogen-bond acceptors (Lipinski definition) is 2. The summed E-state index contributed by atoms with van der Waals surface area (Å²) < 4.78 is 2.36. The fourth-order valence-electron chi connectivity index (χ4n) is 3.00. The van der Waals surface area contributed by atoms with E-state index in [4.69, 9.17) is 10.7 Å². The van der Waals surface area contributed by atoms with E-state index in [9.17, 15) is 0 Å². The zero-order valence-electron chi connectivity index (χ0n) is 11.7. The van der Waals surface area contributed by atoms with Crippen LogP contribution >= 0.6 is 0 Å². The highest BCUT2D eigenvalue weighted by Gasteiger charge is 2.26. The third-order valence-corrected chi connectivity index (χ3v) is 4.35. The molecule has 1 aromatic carbocycles. The molecule has 1 fully saturated rings. The second-order valence-corrected chi connectivity index (χ2v) is 5.73. The standard InChI is InChI=1S/C16H23N3/c1-2-10-19-15-9-4-3-8-14(15)18-16(19)11-13(17)12-6-5-7-12/h3-4,8-9,12-13H,2,5-7,10-11,17H2,1H3. The van der Waals surface area contributed by atoms with Crippen molar-refractivity contribution in [3.8, 4) is 0 Å². The molecule has 0 aliphatic heterocycles. The smallest absolute Gasteiger partial charge is 0.111 e. The number of fused-ring (bicyclic) bond motifs is 1. The van der Waals surface area contributed by atoms with Gasteiger partial charge in [0, 0.05) is 19.0 Å². The van der Waals surface area contributed by atoms with Crippen LogP contribution < -0.4 is 5.73 Å². The van der Waals surface area contributed by atoms with Gasteiger partial charge in [0.05, 0.1) is 11.0 Å². The third-order valence-electron chi connectivity index (χ3n) is 4.35. The molecule has 102 valence electrons. The van der Waals surface area contributed by atoms with E-state index >= 15 is 0 Å². The highest BCUT2D eigenvalue weighted by Crippen LogP contribution is 2.30. The molecule has 3 heteroatoms. The molecule has 2 aromatic rings. The van der Waals surface area contributed by atoms with Crippen molar-refractivity contribution >= 4 is 11.0 Å². The van der Waals surface area contributed by atoms with Gasteiger partial charge < -0.3 is 10.3 Å². The van der Waals surface area contributed by atoms with Crippen LogP contribution in [-0.4, -0.2) is 15.6 Å². The lowest BCUT2D eigenvalue weighted by molar-refractivity contribution is 0.257. The van der Waals surface area contributed by atoms with Crippen molar-refractivity contribution in [3.05, 3.63) is 30.1 Å². The molecule has 3 nitrogen and oxygen atoms in total. The third kappa shape index (κ3) is 2.39. The summed E-state index contributed by atoms with van der Waals surface area (Å²) in [6.45, 7) is 3.25. The first-order valence-corrected chi connectivity index (χ1v) is 7.49. The normalized spacial score (nSPS) is 17.6. The number of aromatic nitrogens is 2. The summed E-state index contributed by atoms with van der Waals surface area (Å²) in [6.07, 6.45) is 6.00. The topological polar surface area (TPSA) is 43.8 Å². The Balaban J connectivity index is 1.90. The Morgan fingerprint density at radius 3 is 2.84 bits per heavy atom. The fraction of sp³-hybridized carbons (Fsp3) is 0.562. The number of nitrogens with zero attached hydrogens (tertiary/aromatic N) is 2. The minimum absolute atomic E-state index is 0.279. The van der Waals surface area contributed by atoms with E-state index in [0.717, 1.165) is 30.8 Å². The van der Waals surface area contributed by atoms with E-state index in [1.807, 2.05) is 0 Å². The molecule has 1 aliphatic carbocycles. The number of imidazole rings is 1. The van der Waals surface area contributed by atoms with Crippen molar-refractivity contribution in [3.63, 3.8) is 0 Å². The van der Waals surface area contributed by atoms with Crippen LogP contribution in [-0.2, 0) is 13.0 Å². The van der Waals surface area contributed by atoms with Crippen LogP contribution in [0.15, 0.2) is 24.3 Å². The predicted molar refractivity (Wildman–Crippen MR) is 79.0 cm³/mol. The molecule has 1 unspecified atom stereocenters. The number of para-hydroxylation sites is 2. The number of benzene rings is 1. The summed E-state index contributed by atoms with van der Waals surface area (Å²) in [5, 5.41) is 0. The maximum Gasteiger partial charge on any atom is 0.111 e. The Morgan fingerprint density at radius 1 is 1.37 bits per heavy atom. The van der Waals surface area contributed by atoms with Gasteiger partial charge in [0.1, 0.15) is 5.82 Å². The molecule has 3 rings (SSSR count). The van der Waals surface area contributed by atoms with Crippen LogP contribution in [0.2, 0.25) is 0 Å². The molecular formula is C16H23N3. The number of rotatable bonds is 5. The van der Waals surface area contributed by atoms with Crippen LogP contribution in [0, 0.1) is 5.92 Å². The molecule has 0 spiro atoms. The molecule has 1 aliphatic rings. The largest absolute Gasteiger partial charge is 0.328 e. The van der Waals surface area contributed by atoms with E-state index in [1.54, 1.807) is 0 Å². The van der Waals surface area contributed by atoms with E-state index in [1.165, 1.54) is 30.6 Å². The lowest BCUT2D eigenvalue weighted by Crippen LogP contribution is -2.37. The molecule has 1 heterocycles. The van der Waals surface area contributed by atoms with Gasteiger partial charge in [0.2, 0.25) is 0 Å². The van der Waals surface area contributed by atoms with Gasteiger partial charge in [-0.15, -0.1) is 0 Å². The second-order valence-electron chi connectivity index (χ2n) is 5.73. The average Bonchev–Trinajstić information content (AvgIpc) is 2.66. The van der Waals surface area contributed by atoms with E-state index in [2.05, 4.69) is 35.8 Å². The molecule has 0 amide bonds. The van der Waals surface area contributed by atoms with Crippen LogP contribution in [0.1, 0.15) is 38.4 Å². The number of hydrogen-bond donors (Lipinski definition) is 1. The first kappa shape index (κ1) is 12.7. The minimum atomic E-state index is 0.279. The van der Waals surface area contributed by atoms with Gasteiger partial charge in [0.15, 0.2) is 0 Å². The molecule has 0 radical (unpaired) electrons. The average molecular weight is 257 g/mol. The van der Waals surface area contributed by atoms with Crippen molar-refractivity contribution in [2.75, 3.05) is 0 Å². The molecule has 1 saturated carbocycles. The van der Waals surface area contributed by atoms with Gasteiger partial charge >= 0.3 is 0 Å². The van der Waals surface area contributed by atoms with Gasteiger partial charge in [-0.05, 0) is 37.3 Å². The Bertz CT molecular complexity index is 554. The van der Waals surface area contributed by atoms with Crippen molar-refractivity contribution in [2.45, 2.75) is 51.6 Å². The summed E-state index contributed by atoms with van der Waals surface area (Å²) >= 11 is 0. The Labute approximate surface area is 114 Å². The highest BCUT2D eigenvalue weighted by molar-refractivity contribution is 5.75. The molecular weight excluding hydrogens is 234 g/mol. The maximum atomic E-state index is 6.34. The maximum absolute atomic E-state index is 6.34. The van der Waals surface area contributed by atoms with Crippen molar-refractivity contribution in [2.24, 2.45) is 11.7 Å². The number of nitrogens with two attached hydrogens (primary N) is 1. The van der Waals surface area contributed by atoms with Gasteiger partial charge in [-0.3, -0.25) is 0 Å². The molecule has 1 aromatic heterocycles. The van der Waals surface area contributed by atoms with Crippen molar-refractivity contribution in [1.82, 2.24) is 9.55 Å². The Kier molecular flexibility index (Phi) is 3.56. The monoisotopic (exact) mass is 257 g/mol. The van der Waals surface area contributed by atoms with Crippen LogP contribution in [0.4, 0.5) is 0 Å². The zero-order valence-corrected chi connectivity index (χ0v) is 11.7. The SMILES string of the molecule is CCCn1c(CC(N)C2CCC2)nc2ccccc21. The minimum Gasteiger partial charge on any atom is -0.328 e. The van der Waals surface area contributed by atoms with Crippen molar-refractivity contribution < 1.29 is 0 Å². The van der Waals surface area contributed by atoms with Gasteiger partial charge in [-0.25, -0.2) is 4.98 Å². The van der Waals surface area contributed by atoms with Gasteiger partial charge in [-0.2, -0.15) is 0 Å². The molecule has 2 N–H and O–H groups in total. The van der Waals surface area contributed by atoms with Crippen LogP contribution in [0.25, 0.3) is 11.0 Å².